The second kappa shape index (κ2) is 8.62. The van der Waals surface area contributed by atoms with Crippen LogP contribution in [0.25, 0.3) is 10.8 Å². The van der Waals surface area contributed by atoms with Crippen LogP contribution in [0.3, 0.4) is 0 Å². The minimum Gasteiger partial charge on any atom is -0.491 e. The normalized spacial score (nSPS) is 12.8. The molecule has 8 heteroatoms. The van der Waals surface area contributed by atoms with Crippen LogP contribution in [0.15, 0.2) is 16.9 Å². The van der Waals surface area contributed by atoms with Gasteiger partial charge in [0.2, 0.25) is 0 Å². The van der Waals surface area contributed by atoms with Gasteiger partial charge in [0.25, 0.3) is 5.56 Å². The van der Waals surface area contributed by atoms with Gasteiger partial charge in [-0.2, -0.15) is 0 Å². The number of aromatic nitrogens is 1. The minimum absolute atomic E-state index is 0.273. The summed E-state index contributed by atoms with van der Waals surface area (Å²) < 4.78 is 7.52. The van der Waals surface area contributed by atoms with Crippen molar-refractivity contribution in [1.82, 2.24) is 9.88 Å². The predicted molar refractivity (Wildman–Crippen MR) is 113 cm³/mol. The molecule has 1 unspecified atom stereocenters. The molecule has 1 atom stereocenters. The number of nitrogens with zero attached hydrogens (tertiary/aromatic N) is 1. The highest BCUT2D eigenvalue weighted by molar-refractivity contribution is 6.42. The molecule has 1 heterocycles. The molecule has 154 valence electrons. The van der Waals surface area contributed by atoms with E-state index in [4.69, 9.17) is 27.9 Å². The Morgan fingerprint density at radius 2 is 1.82 bits per heavy atom. The molecular formula is C20H26Cl2N2O4. The number of hydrogen-bond donors (Lipinski definition) is 2. The van der Waals surface area contributed by atoms with E-state index in [1.807, 2.05) is 27.7 Å². The zero-order valence-corrected chi connectivity index (χ0v) is 18.2. The molecular weight excluding hydrogens is 403 g/mol. The number of rotatable bonds is 6. The van der Waals surface area contributed by atoms with Crippen LogP contribution in [0, 0.1) is 5.41 Å². The topological polar surface area (TPSA) is 80.6 Å². The van der Waals surface area contributed by atoms with Crippen LogP contribution in [0.5, 0.6) is 5.75 Å². The first-order valence-corrected chi connectivity index (χ1v) is 9.88. The van der Waals surface area contributed by atoms with E-state index >= 15 is 0 Å². The van der Waals surface area contributed by atoms with Gasteiger partial charge in [-0.15, -0.1) is 0 Å². The monoisotopic (exact) mass is 428 g/mol. The predicted octanol–water partition coefficient (Wildman–Crippen LogP) is 5.38. The lowest BCUT2D eigenvalue weighted by Crippen LogP contribution is -2.39. The lowest BCUT2D eigenvalue weighted by atomic mass is 9.83. The van der Waals surface area contributed by atoms with Crippen LogP contribution < -0.4 is 15.6 Å². The van der Waals surface area contributed by atoms with Gasteiger partial charge in [-0.3, -0.25) is 4.79 Å². The summed E-state index contributed by atoms with van der Waals surface area (Å²) in [5.41, 5.74) is -0.357. The maximum absolute atomic E-state index is 13.0. The molecule has 2 rings (SSSR count). The van der Waals surface area contributed by atoms with Gasteiger partial charge in [0, 0.05) is 12.4 Å². The third-order valence-corrected chi connectivity index (χ3v) is 5.31. The summed E-state index contributed by atoms with van der Waals surface area (Å²) >= 11 is 12.3. The van der Waals surface area contributed by atoms with Crippen molar-refractivity contribution in [2.24, 2.45) is 12.5 Å². The summed E-state index contributed by atoms with van der Waals surface area (Å²) in [6.45, 7) is 8.16. The fourth-order valence-electron chi connectivity index (χ4n) is 3.11. The van der Waals surface area contributed by atoms with Crippen LogP contribution in [0.2, 0.25) is 10.0 Å². The summed E-state index contributed by atoms with van der Waals surface area (Å²) in [7, 11) is 1.61. The molecule has 0 aliphatic heterocycles. The fourth-order valence-corrected chi connectivity index (χ4v) is 3.43. The Labute approximate surface area is 174 Å². The highest BCUT2D eigenvalue weighted by Gasteiger charge is 2.34. The first-order valence-electron chi connectivity index (χ1n) is 9.12. The summed E-state index contributed by atoms with van der Waals surface area (Å²) in [6, 6.07) is 2.44. The van der Waals surface area contributed by atoms with Gasteiger partial charge in [-0.25, -0.2) is 4.79 Å². The molecule has 0 saturated heterocycles. The van der Waals surface area contributed by atoms with Crippen molar-refractivity contribution in [1.29, 1.82) is 0 Å². The number of amides is 1. The molecule has 1 aromatic carbocycles. The molecule has 0 aliphatic rings. The molecule has 0 aliphatic carbocycles. The Morgan fingerprint density at radius 3 is 2.32 bits per heavy atom. The van der Waals surface area contributed by atoms with E-state index in [1.165, 1.54) is 10.6 Å². The second-order valence-corrected chi connectivity index (χ2v) is 8.66. The molecule has 6 nitrogen and oxygen atoms in total. The lowest BCUT2D eigenvalue weighted by molar-refractivity contribution is 0.171. The molecule has 0 saturated carbocycles. The van der Waals surface area contributed by atoms with Crippen molar-refractivity contribution in [3.05, 3.63) is 38.2 Å². The maximum atomic E-state index is 13.0. The number of benzene rings is 1. The molecule has 0 fully saturated rings. The van der Waals surface area contributed by atoms with Crippen molar-refractivity contribution in [3.8, 4) is 5.75 Å². The van der Waals surface area contributed by atoms with Gasteiger partial charge in [0.1, 0.15) is 5.75 Å². The van der Waals surface area contributed by atoms with Crippen LogP contribution in [-0.4, -0.2) is 22.4 Å². The van der Waals surface area contributed by atoms with Crippen molar-refractivity contribution in [2.45, 2.75) is 46.6 Å². The lowest BCUT2D eigenvalue weighted by Gasteiger charge is -2.33. The quantitative estimate of drug-likeness (QED) is 0.605. The van der Waals surface area contributed by atoms with Gasteiger partial charge in [0.15, 0.2) is 0 Å². The Kier molecular flexibility index (Phi) is 6.88. The highest BCUT2D eigenvalue weighted by atomic mass is 35.5. The van der Waals surface area contributed by atoms with Crippen LogP contribution in [0.4, 0.5) is 4.79 Å². The zero-order valence-electron chi connectivity index (χ0n) is 16.7. The smallest absolute Gasteiger partial charge is 0.405 e. The Hall–Kier alpha value is -1.92. The largest absolute Gasteiger partial charge is 0.491 e. The number of carboxylic acid groups (broad SMARTS) is 1. The van der Waals surface area contributed by atoms with E-state index in [0.717, 1.165) is 12.8 Å². The maximum Gasteiger partial charge on any atom is 0.405 e. The number of hydrogen-bond acceptors (Lipinski definition) is 3. The summed E-state index contributed by atoms with van der Waals surface area (Å²) in [4.78, 5) is 24.5. The summed E-state index contributed by atoms with van der Waals surface area (Å²) in [5.74, 6) is 0.442. The third-order valence-electron chi connectivity index (χ3n) is 4.59. The SMILES string of the molecule is CCCCOc1c(C(NC(=O)O)C(C)(C)C)n(C)c(=O)c2cc(Cl)c(Cl)cc12. The molecule has 2 aromatic rings. The number of carbonyl (C=O) groups is 1. The van der Waals surface area contributed by atoms with Crippen LogP contribution >= 0.6 is 23.2 Å². The van der Waals surface area contributed by atoms with Crippen molar-refractivity contribution in [3.63, 3.8) is 0 Å². The molecule has 2 N–H and O–H groups in total. The van der Waals surface area contributed by atoms with Gasteiger partial charge in [-0.05, 0) is 24.0 Å². The first kappa shape index (κ1) is 22.4. The van der Waals surface area contributed by atoms with E-state index in [1.54, 1.807) is 13.1 Å². The average Bonchev–Trinajstić information content (AvgIpc) is 2.59. The van der Waals surface area contributed by atoms with E-state index in [-0.39, 0.29) is 10.6 Å². The van der Waals surface area contributed by atoms with Gasteiger partial charge in [0.05, 0.1) is 33.8 Å². The Bertz CT molecular complexity index is 948. The van der Waals surface area contributed by atoms with Crippen LogP contribution in [0.1, 0.15) is 52.3 Å². The second-order valence-electron chi connectivity index (χ2n) is 7.84. The van der Waals surface area contributed by atoms with Gasteiger partial charge >= 0.3 is 6.09 Å². The van der Waals surface area contributed by atoms with Crippen molar-refractivity contribution >= 4 is 40.1 Å². The fraction of sp³-hybridized carbons (Fsp3) is 0.500. The van der Waals surface area contributed by atoms with E-state index in [0.29, 0.717) is 33.8 Å². The molecule has 28 heavy (non-hydrogen) atoms. The minimum atomic E-state index is -1.18. The van der Waals surface area contributed by atoms with E-state index in [9.17, 15) is 14.7 Å². The van der Waals surface area contributed by atoms with Gasteiger partial charge < -0.3 is 19.7 Å². The van der Waals surface area contributed by atoms with Gasteiger partial charge in [-0.1, -0.05) is 57.3 Å². The zero-order chi connectivity index (χ0) is 21.2. The number of ether oxygens (including phenoxy) is 1. The Morgan fingerprint density at radius 1 is 1.25 bits per heavy atom. The molecule has 0 spiro atoms. The number of nitrogens with one attached hydrogen (secondary N) is 1. The standard InChI is InChI=1S/C20H26Cl2N2O4/c1-6-7-8-28-16-11-9-13(21)14(22)10-12(11)18(25)24(5)15(16)17(20(2,3)4)23-19(26)27/h9-10,17,23H,6-8H2,1-5H3,(H,26,27). The molecule has 1 amide bonds. The van der Waals surface area contributed by atoms with E-state index < -0.39 is 17.6 Å². The Balaban J connectivity index is 2.90. The number of unbranched alkanes of at least 4 members (excludes halogenated alkanes) is 1. The number of halogens is 2. The van der Waals surface area contributed by atoms with Crippen molar-refractivity contribution < 1.29 is 14.6 Å². The number of pyridine rings is 1. The summed E-state index contributed by atoms with van der Waals surface area (Å²) in [5, 5.41) is 13.4. The van der Waals surface area contributed by atoms with E-state index in [2.05, 4.69) is 5.32 Å². The third kappa shape index (κ3) is 4.55. The highest BCUT2D eigenvalue weighted by Crippen LogP contribution is 2.41. The molecule has 0 bridgehead atoms. The van der Waals surface area contributed by atoms with Crippen LogP contribution in [-0.2, 0) is 7.05 Å². The number of fused-ring (bicyclic) bond motifs is 1. The molecule has 0 radical (unpaired) electrons. The molecule has 1 aromatic heterocycles. The summed E-state index contributed by atoms with van der Waals surface area (Å²) in [6.07, 6.45) is 0.570. The average molecular weight is 429 g/mol. The first-order chi connectivity index (χ1) is 13.0. The van der Waals surface area contributed by atoms with Crippen molar-refractivity contribution in [2.75, 3.05) is 6.61 Å².